The van der Waals surface area contributed by atoms with E-state index in [2.05, 4.69) is 17.5 Å². The van der Waals surface area contributed by atoms with Gasteiger partial charge in [0.2, 0.25) is 5.91 Å². The number of carboxylic acid groups (broad SMARTS) is 1. The van der Waals surface area contributed by atoms with Gasteiger partial charge in [-0.1, -0.05) is 74.1 Å². The lowest BCUT2D eigenvalue weighted by Gasteiger charge is -2.09. The van der Waals surface area contributed by atoms with Crippen molar-refractivity contribution in [3.8, 4) is 5.75 Å². The van der Waals surface area contributed by atoms with Crippen LogP contribution in [0, 0.1) is 0 Å². The lowest BCUT2D eigenvalue weighted by molar-refractivity contribution is -0.116. The fourth-order valence-electron chi connectivity index (χ4n) is 3.18. The number of carboxylic acids is 1. The second kappa shape index (κ2) is 12.2. The molecule has 5 heteroatoms. The Bertz CT molecular complexity index is 1000. The molecule has 0 unspecified atom stereocenters. The molecule has 2 aromatic carbocycles. The van der Waals surface area contributed by atoms with Gasteiger partial charge in [0.25, 0.3) is 0 Å². The maximum absolute atomic E-state index is 12.3. The summed E-state index contributed by atoms with van der Waals surface area (Å²) in [5, 5.41) is 11.9. The first-order chi connectivity index (χ1) is 15.1. The number of aromatic carboxylic acids is 1. The van der Waals surface area contributed by atoms with Gasteiger partial charge in [-0.3, -0.25) is 4.79 Å². The van der Waals surface area contributed by atoms with Crippen molar-refractivity contribution in [2.45, 2.75) is 33.1 Å². The number of allylic oxidation sites excluding steroid dienone is 6. The third-order valence-electron chi connectivity index (χ3n) is 4.70. The Morgan fingerprint density at radius 2 is 1.74 bits per heavy atom. The fourth-order valence-corrected chi connectivity index (χ4v) is 3.18. The van der Waals surface area contributed by atoms with Crippen LogP contribution in [0.15, 0.2) is 78.4 Å². The lowest BCUT2D eigenvalue weighted by atomic mass is 10.0. The minimum atomic E-state index is -1.06. The van der Waals surface area contributed by atoms with Crippen LogP contribution in [0.4, 0.5) is 5.69 Å². The molecule has 1 aliphatic carbocycles. The molecule has 0 aromatic heterocycles. The van der Waals surface area contributed by atoms with Crippen LogP contribution in [0.1, 0.15) is 49.0 Å². The Kier molecular flexibility index (Phi) is 9.30. The molecule has 0 aliphatic heterocycles. The summed E-state index contributed by atoms with van der Waals surface area (Å²) in [5.41, 5.74) is 3.61. The van der Waals surface area contributed by atoms with Crippen LogP contribution in [-0.2, 0) is 4.79 Å². The molecule has 162 valence electrons. The van der Waals surface area contributed by atoms with Crippen molar-refractivity contribution in [1.29, 1.82) is 0 Å². The average Bonchev–Trinajstić information content (AvgIpc) is 3.05. The highest BCUT2D eigenvalue weighted by molar-refractivity contribution is 6.00. The van der Waals surface area contributed by atoms with Gasteiger partial charge in [0, 0.05) is 12.0 Å². The van der Waals surface area contributed by atoms with Crippen molar-refractivity contribution in [2.24, 2.45) is 0 Å². The lowest BCUT2D eigenvalue weighted by Crippen LogP contribution is -2.14. The number of hydrogen-bond donors (Lipinski definition) is 2. The SMILES string of the molecule is CC.COc1ccccc1C1=CC=C(CCC(=O)Nc2ccccc2C(=O)O)CC=C1. The highest BCUT2D eigenvalue weighted by Gasteiger charge is 2.12. The Hall–Kier alpha value is -3.60. The number of para-hydroxylation sites is 2. The first kappa shape index (κ1) is 23.7. The molecule has 0 radical (unpaired) electrons. The Labute approximate surface area is 183 Å². The highest BCUT2D eigenvalue weighted by atomic mass is 16.5. The summed E-state index contributed by atoms with van der Waals surface area (Å²) in [7, 11) is 1.65. The van der Waals surface area contributed by atoms with Crippen LogP contribution >= 0.6 is 0 Å². The van der Waals surface area contributed by atoms with Gasteiger partial charge in [0.1, 0.15) is 5.75 Å². The number of ether oxygens (including phenoxy) is 1. The molecule has 0 saturated heterocycles. The standard InChI is InChI=1S/C24H23NO4.C2H6/c1-29-22-12-5-3-9-19(22)18-8-6-7-17(13-15-18)14-16-23(26)25-21-11-4-2-10-20(21)24(27)28;1-2/h2-6,8-13,15H,7,14,16H2,1H3,(H,25,26)(H,27,28);1-2H3. The van der Waals surface area contributed by atoms with Crippen molar-refractivity contribution in [3.63, 3.8) is 0 Å². The van der Waals surface area contributed by atoms with E-state index in [0.29, 0.717) is 12.1 Å². The van der Waals surface area contributed by atoms with Gasteiger partial charge in [-0.15, -0.1) is 0 Å². The third-order valence-corrected chi connectivity index (χ3v) is 4.70. The van der Waals surface area contributed by atoms with Crippen molar-refractivity contribution in [3.05, 3.63) is 89.5 Å². The minimum Gasteiger partial charge on any atom is -0.496 e. The van der Waals surface area contributed by atoms with Crippen LogP contribution in [0.25, 0.3) is 5.57 Å². The molecule has 0 fully saturated rings. The van der Waals surface area contributed by atoms with Crippen LogP contribution in [-0.4, -0.2) is 24.1 Å². The number of hydrogen-bond acceptors (Lipinski definition) is 3. The third kappa shape index (κ3) is 6.71. The first-order valence-corrected chi connectivity index (χ1v) is 10.4. The van der Waals surface area contributed by atoms with E-state index in [1.807, 2.05) is 50.3 Å². The molecule has 2 N–H and O–H groups in total. The molecular weight excluding hydrogens is 390 g/mol. The summed E-state index contributed by atoms with van der Waals surface area (Å²) in [6, 6.07) is 14.3. The Morgan fingerprint density at radius 3 is 2.48 bits per heavy atom. The summed E-state index contributed by atoms with van der Waals surface area (Å²) < 4.78 is 5.44. The maximum Gasteiger partial charge on any atom is 0.337 e. The van der Waals surface area contributed by atoms with E-state index in [1.54, 1.807) is 25.3 Å². The fraction of sp³-hybridized carbons (Fsp3) is 0.231. The minimum absolute atomic E-state index is 0.0850. The van der Waals surface area contributed by atoms with E-state index in [4.69, 9.17) is 4.74 Å². The molecule has 0 saturated carbocycles. The molecule has 5 nitrogen and oxygen atoms in total. The van der Waals surface area contributed by atoms with E-state index >= 15 is 0 Å². The maximum atomic E-state index is 12.3. The monoisotopic (exact) mass is 419 g/mol. The van der Waals surface area contributed by atoms with Crippen LogP contribution in [0.3, 0.4) is 0 Å². The first-order valence-electron chi connectivity index (χ1n) is 10.4. The Balaban J connectivity index is 0.00000166. The number of carbonyl (C=O) groups is 2. The number of carbonyl (C=O) groups excluding carboxylic acids is 1. The quantitative estimate of drug-likeness (QED) is 0.568. The molecule has 3 rings (SSSR count). The summed E-state index contributed by atoms with van der Waals surface area (Å²) in [6.45, 7) is 4.00. The van der Waals surface area contributed by atoms with Crippen molar-refractivity contribution in [1.82, 2.24) is 0 Å². The molecule has 1 amide bonds. The molecule has 0 bridgehead atoms. The van der Waals surface area contributed by atoms with Crippen LogP contribution in [0.5, 0.6) is 5.75 Å². The summed E-state index contributed by atoms with van der Waals surface area (Å²) in [6.07, 6.45) is 9.86. The van der Waals surface area contributed by atoms with Gasteiger partial charge < -0.3 is 15.2 Å². The van der Waals surface area contributed by atoms with Crippen molar-refractivity contribution < 1.29 is 19.4 Å². The van der Waals surface area contributed by atoms with E-state index in [-0.39, 0.29) is 17.9 Å². The topological polar surface area (TPSA) is 75.6 Å². The Morgan fingerprint density at radius 1 is 1.03 bits per heavy atom. The molecule has 31 heavy (non-hydrogen) atoms. The molecule has 2 aromatic rings. The van der Waals surface area contributed by atoms with Gasteiger partial charge in [0.05, 0.1) is 18.4 Å². The largest absolute Gasteiger partial charge is 0.496 e. The van der Waals surface area contributed by atoms with Crippen molar-refractivity contribution in [2.75, 3.05) is 12.4 Å². The second-order valence-corrected chi connectivity index (χ2v) is 6.65. The smallest absolute Gasteiger partial charge is 0.337 e. The van der Waals surface area contributed by atoms with E-state index in [1.165, 1.54) is 6.07 Å². The summed E-state index contributed by atoms with van der Waals surface area (Å²) in [4.78, 5) is 23.6. The molecule has 0 atom stereocenters. The predicted molar refractivity (Wildman–Crippen MR) is 125 cm³/mol. The van der Waals surface area contributed by atoms with Crippen LogP contribution < -0.4 is 10.1 Å². The summed E-state index contributed by atoms with van der Waals surface area (Å²) in [5.74, 6) is -0.454. The van der Waals surface area contributed by atoms with Gasteiger partial charge in [-0.05, 0) is 36.6 Å². The number of nitrogens with one attached hydrogen (secondary N) is 1. The zero-order valence-electron chi connectivity index (χ0n) is 18.2. The van der Waals surface area contributed by atoms with E-state index in [9.17, 15) is 14.7 Å². The zero-order chi connectivity index (χ0) is 22.6. The number of amides is 1. The van der Waals surface area contributed by atoms with Gasteiger partial charge in [-0.25, -0.2) is 4.79 Å². The van der Waals surface area contributed by atoms with Crippen LogP contribution in [0.2, 0.25) is 0 Å². The zero-order valence-corrected chi connectivity index (χ0v) is 18.2. The molecule has 1 aliphatic rings. The van der Waals surface area contributed by atoms with E-state index < -0.39 is 5.97 Å². The van der Waals surface area contributed by atoms with Gasteiger partial charge >= 0.3 is 5.97 Å². The second-order valence-electron chi connectivity index (χ2n) is 6.65. The average molecular weight is 420 g/mol. The molecular formula is C26H29NO4. The number of rotatable bonds is 7. The van der Waals surface area contributed by atoms with E-state index in [0.717, 1.165) is 28.9 Å². The molecule has 0 heterocycles. The predicted octanol–water partition coefficient (Wildman–Crippen LogP) is 6.11. The number of methoxy groups -OCH3 is 1. The van der Waals surface area contributed by atoms with Crippen molar-refractivity contribution >= 4 is 23.1 Å². The highest BCUT2D eigenvalue weighted by Crippen LogP contribution is 2.29. The number of benzene rings is 2. The van der Waals surface area contributed by atoms with Gasteiger partial charge in [-0.2, -0.15) is 0 Å². The molecule has 0 spiro atoms. The normalized spacial score (nSPS) is 12.5. The number of anilines is 1. The summed E-state index contributed by atoms with van der Waals surface area (Å²) >= 11 is 0. The van der Waals surface area contributed by atoms with Gasteiger partial charge in [0.15, 0.2) is 0 Å².